The minimum atomic E-state index is -0.664. The number of anilines is 1. The van der Waals surface area contributed by atoms with E-state index in [0.717, 1.165) is 0 Å². The Hall–Kier alpha value is -1.26. The Balaban J connectivity index is 2.61. The van der Waals surface area contributed by atoms with Crippen LogP contribution in [0.3, 0.4) is 0 Å². The highest BCUT2D eigenvalue weighted by Gasteiger charge is 2.14. The number of carbonyl (C=O) groups is 1. The number of benzene rings is 1. The van der Waals surface area contributed by atoms with Crippen LogP contribution in [0, 0.1) is 5.92 Å². The molecule has 0 aliphatic carbocycles. The number of carbonyl (C=O) groups excluding carboxylic acids is 1. The van der Waals surface area contributed by atoms with E-state index >= 15 is 0 Å². The van der Waals surface area contributed by atoms with Gasteiger partial charge in [0, 0.05) is 0 Å². The molecule has 0 aliphatic rings. The van der Waals surface area contributed by atoms with Crippen LogP contribution in [0.5, 0.6) is 0 Å². The zero-order valence-electron chi connectivity index (χ0n) is 9.81. The Morgan fingerprint density at radius 2 is 2.18 bits per heavy atom. The predicted molar refractivity (Wildman–Crippen MR) is 67.0 cm³/mol. The summed E-state index contributed by atoms with van der Waals surface area (Å²) >= 11 is 5.79. The second-order valence-electron chi connectivity index (χ2n) is 4.15. The van der Waals surface area contributed by atoms with Gasteiger partial charge in [0.1, 0.15) is 6.61 Å². The fourth-order valence-electron chi connectivity index (χ4n) is 1.09. The fourth-order valence-corrected chi connectivity index (χ4v) is 1.27. The smallest absolute Gasteiger partial charge is 0.338 e. The quantitative estimate of drug-likeness (QED) is 0.640. The van der Waals surface area contributed by atoms with Crippen molar-refractivity contribution < 1.29 is 14.6 Å². The lowest BCUT2D eigenvalue weighted by Crippen LogP contribution is -2.23. The van der Waals surface area contributed by atoms with Gasteiger partial charge in [0.05, 0.1) is 22.4 Å². The minimum Gasteiger partial charge on any atom is -0.459 e. The van der Waals surface area contributed by atoms with E-state index in [9.17, 15) is 9.90 Å². The van der Waals surface area contributed by atoms with Crippen molar-refractivity contribution >= 4 is 23.3 Å². The number of rotatable bonds is 4. The molecule has 0 spiro atoms. The highest BCUT2D eigenvalue weighted by atomic mass is 35.5. The average Bonchev–Trinajstić information content (AvgIpc) is 2.28. The van der Waals surface area contributed by atoms with Gasteiger partial charge in [0.15, 0.2) is 0 Å². The number of halogens is 1. The second kappa shape index (κ2) is 5.89. The van der Waals surface area contributed by atoms with E-state index in [4.69, 9.17) is 22.1 Å². The molecule has 0 bridgehead atoms. The van der Waals surface area contributed by atoms with E-state index in [1.807, 2.05) is 13.8 Å². The molecule has 0 saturated carbocycles. The summed E-state index contributed by atoms with van der Waals surface area (Å²) in [7, 11) is 0. The summed E-state index contributed by atoms with van der Waals surface area (Å²) in [5.41, 5.74) is 6.25. The van der Waals surface area contributed by atoms with Crippen LogP contribution in [-0.4, -0.2) is 23.8 Å². The van der Waals surface area contributed by atoms with Gasteiger partial charge in [0.25, 0.3) is 0 Å². The predicted octanol–water partition coefficient (Wildman–Crippen LogP) is 2.10. The summed E-state index contributed by atoms with van der Waals surface area (Å²) < 4.78 is 4.96. The van der Waals surface area contributed by atoms with Gasteiger partial charge in [-0.15, -0.1) is 0 Å². The van der Waals surface area contributed by atoms with Gasteiger partial charge >= 0.3 is 5.97 Å². The number of nitrogens with two attached hydrogens (primary N) is 1. The number of hydrogen-bond donors (Lipinski definition) is 2. The van der Waals surface area contributed by atoms with Crippen molar-refractivity contribution in [3.63, 3.8) is 0 Å². The van der Waals surface area contributed by atoms with Crippen molar-refractivity contribution in [1.29, 1.82) is 0 Å². The highest BCUT2D eigenvalue weighted by Crippen LogP contribution is 2.20. The Bertz CT molecular complexity index is 407. The molecule has 1 rings (SSSR count). The summed E-state index contributed by atoms with van der Waals surface area (Å²) in [5, 5.41) is 9.81. The van der Waals surface area contributed by atoms with Crippen LogP contribution in [-0.2, 0) is 4.74 Å². The molecule has 1 aromatic rings. The number of aliphatic hydroxyl groups excluding tert-OH is 1. The Morgan fingerprint density at radius 3 is 2.71 bits per heavy atom. The molecule has 5 heteroatoms. The van der Waals surface area contributed by atoms with Crippen LogP contribution in [0.15, 0.2) is 18.2 Å². The summed E-state index contributed by atoms with van der Waals surface area (Å²) in [6.07, 6.45) is -0.664. The van der Waals surface area contributed by atoms with Gasteiger partial charge in [-0.3, -0.25) is 0 Å². The van der Waals surface area contributed by atoms with E-state index in [-0.39, 0.29) is 12.5 Å². The largest absolute Gasteiger partial charge is 0.459 e. The Labute approximate surface area is 105 Å². The van der Waals surface area contributed by atoms with Gasteiger partial charge in [-0.25, -0.2) is 4.79 Å². The van der Waals surface area contributed by atoms with Crippen LogP contribution in [0.1, 0.15) is 24.2 Å². The first-order valence-corrected chi connectivity index (χ1v) is 5.70. The van der Waals surface area contributed by atoms with Crippen LogP contribution < -0.4 is 5.73 Å². The highest BCUT2D eigenvalue weighted by molar-refractivity contribution is 6.33. The van der Waals surface area contributed by atoms with Gasteiger partial charge in [-0.1, -0.05) is 25.4 Å². The number of nitrogen functional groups attached to an aromatic ring is 1. The molecule has 1 aromatic carbocycles. The molecule has 0 saturated heterocycles. The lowest BCUT2D eigenvalue weighted by atomic mass is 10.1. The fraction of sp³-hybridized carbons (Fsp3) is 0.417. The third-order valence-electron chi connectivity index (χ3n) is 2.39. The van der Waals surface area contributed by atoms with Gasteiger partial charge in [0.2, 0.25) is 0 Å². The van der Waals surface area contributed by atoms with Gasteiger partial charge in [-0.2, -0.15) is 0 Å². The molecular formula is C12H16ClNO3. The normalized spacial score (nSPS) is 12.5. The van der Waals surface area contributed by atoms with Crippen molar-refractivity contribution in [2.45, 2.75) is 20.0 Å². The standard InChI is InChI=1S/C12H16ClNO3/c1-7(2)11(15)6-17-12(16)8-3-4-10(14)9(13)5-8/h3-5,7,11,15H,6,14H2,1-2H3. The molecular weight excluding hydrogens is 242 g/mol. The van der Waals surface area contributed by atoms with Gasteiger partial charge < -0.3 is 15.6 Å². The van der Waals surface area contributed by atoms with Crippen molar-refractivity contribution in [1.82, 2.24) is 0 Å². The lowest BCUT2D eigenvalue weighted by molar-refractivity contribution is 0.0137. The monoisotopic (exact) mass is 257 g/mol. The number of ether oxygens (including phenoxy) is 1. The maximum atomic E-state index is 11.6. The molecule has 17 heavy (non-hydrogen) atoms. The van der Waals surface area contributed by atoms with Crippen molar-refractivity contribution in [3.05, 3.63) is 28.8 Å². The maximum absolute atomic E-state index is 11.6. The van der Waals surface area contributed by atoms with Crippen molar-refractivity contribution in [2.24, 2.45) is 5.92 Å². The van der Waals surface area contributed by atoms with Gasteiger partial charge in [-0.05, 0) is 24.1 Å². The van der Waals surface area contributed by atoms with E-state index in [2.05, 4.69) is 0 Å². The topological polar surface area (TPSA) is 72.5 Å². The number of hydrogen-bond acceptors (Lipinski definition) is 4. The third-order valence-corrected chi connectivity index (χ3v) is 2.72. The summed E-state index contributed by atoms with van der Waals surface area (Å²) in [6, 6.07) is 4.52. The van der Waals surface area contributed by atoms with E-state index in [1.165, 1.54) is 18.2 Å². The minimum absolute atomic E-state index is 0.0293. The van der Waals surface area contributed by atoms with Crippen molar-refractivity contribution in [3.8, 4) is 0 Å². The lowest BCUT2D eigenvalue weighted by Gasteiger charge is -2.14. The molecule has 0 aromatic heterocycles. The molecule has 4 nitrogen and oxygen atoms in total. The molecule has 0 fully saturated rings. The van der Waals surface area contributed by atoms with E-state index < -0.39 is 12.1 Å². The first kappa shape index (κ1) is 13.8. The van der Waals surface area contributed by atoms with Crippen LogP contribution in [0.4, 0.5) is 5.69 Å². The molecule has 0 radical (unpaired) electrons. The summed E-state index contributed by atoms with van der Waals surface area (Å²) in [5.74, 6) is -0.482. The molecule has 0 amide bonds. The van der Waals surface area contributed by atoms with Crippen LogP contribution >= 0.6 is 11.6 Å². The SMILES string of the molecule is CC(C)C(O)COC(=O)c1ccc(N)c(Cl)c1. The average molecular weight is 258 g/mol. The van der Waals surface area contributed by atoms with Crippen molar-refractivity contribution in [2.75, 3.05) is 12.3 Å². The third kappa shape index (κ3) is 3.91. The first-order valence-electron chi connectivity index (χ1n) is 5.32. The summed E-state index contributed by atoms with van der Waals surface area (Å²) in [4.78, 5) is 11.6. The zero-order chi connectivity index (χ0) is 13.0. The Kier molecular flexibility index (Phi) is 4.78. The number of aliphatic hydroxyl groups is 1. The van der Waals surface area contributed by atoms with Crippen LogP contribution in [0.25, 0.3) is 0 Å². The molecule has 1 atom stereocenters. The zero-order valence-corrected chi connectivity index (χ0v) is 10.6. The molecule has 1 unspecified atom stereocenters. The molecule has 0 aliphatic heterocycles. The van der Waals surface area contributed by atoms with Crippen LogP contribution in [0.2, 0.25) is 5.02 Å². The number of esters is 1. The molecule has 0 heterocycles. The summed E-state index contributed by atoms with van der Waals surface area (Å²) in [6.45, 7) is 3.66. The van der Waals surface area contributed by atoms with E-state index in [0.29, 0.717) is 16.3 Å². The maximum Gasteiger partial charge on any atom is 0.338 e. The molecule has 3 N–H and O–H groups in total. The Morgan fingerprint density at radius 1 is 1.53 bits per heavy atom. The first-order chi connectivity index (χ1) is 7.91. The second-order valence-corrected chi connectivity index (χ2v) is 4.55. The van der Waals surface area contributed by atoms with E-state index in [1.54, 1.807) is 0 Å². The molecule has 94 valence electrons.